The Bertz CT molecular complexity index is 1120. The number of hydrogen-bond acceptors (Lipinski definition) is 5. The topological polar surface area (TPSA) is 72.6 Å². The van der Waals surface area contributed by atoms with Crippen molar-refractivity contribution >= 4 is 22.7 Å². The molecule has 0 atom stereocenters. The summed E-state index contributed by atoms with van der Waals surface area (Å²) in [5.41, 5.74) is -0.715. The molecule has 28 heavy (non-hydrogen) atoms. The van der Waals surface area contributed by atoms with Crippen molar-refractivity contribution in [2.24, 2.45) is 0 Å². The number of fused-ring (bicyclic) bond motifs is 1. The Labute approximate surface area is 156 Å². The Hall–Kier alpha value is -3.36. The molecule has 0 N–H and O–H groups in total. The smallest absolute Gasteiger partial charge is 0.420 e. The number of para-hydroxylation sites is 1. The van der Waals surface area contributed by atoms with Crippen LogP contribution in [0.1, 0.15) is 12.8 Å². The molecule has 4 rings (SSSR count). The van der Waals surface area contributed by atoms with Crippen LogP contribution >= 0.6 is 0 Å². The largest absolute Gasteiger partial charge is 0.573 e. The summed E-state index contributed by atoms with van der Waals surface area (Å²) >= 11 is 0. The highest BCUT2D eigenvalue weighted by atomic mass is 19.4. The molecule has 3 aromatic rings. The van der Waals surface area contributed by atoms with Crippen molar-refractivity contribution in [3.8, 4) is 16.9 Å². The zero-order valence-corrected chi connectivity index (χ0v) is 14.3. The number of pyridine rings is 1. The molecule has 0 unspecified atom stereocenters. The van der Waals surface area contributed by atoms with Crippen LogP contribution in [0.3, 0.4) is 0 Å². The first-order chi connectivity index (χ1) is 13.3. The third kappa shape index (κ3) is 3.19. The first kappa shape index (κ1) is 18.0. The summed E-state index contributed by atoms with van der Waals surface area (Å²) in [6.45, 7) is 0.323. The fraction of sp³-hybridized carbons (Fsp3) is 0.211. The third-order valence-corrected chi connectivity index (χ3v) is 4.36. The fourth-order valence-corrected chi connectivity index (χ4v) is 3.29. The minimum atomic E-state index is -4.95. The number of nitrogens with zero attached hydrogens (tertiary/aromatic N) is 2. The quantitative estimate of drug-likeness (QED) is 0.679. The lowest BCUT2D eigenvalue weighted by molar-refractivity contribution is -0.274. The molecule has 2 aromatic heterocycles. The third-order valence-electron chi connectivity index (χ3n) is 4.36. The SMILES string of the molecule is O=C1CCCN1c1c(-c2ccccc2OC(F)(F)F)c(=O)oc2cccnc12. The van der Waals surface area contributed by atoms with Gasteiger partial charge in [0.05, 0.1) is 11.3 Å². The molecule has 9 heteroatoms. The van der Waals surface area contributed by atoms with Gasteiger partial charge in [0.15, 0.2) is 5.58 Å². The van der Waals surface area contributed by atoms with Gasteiger partial charge < -0.3 is 14.1 Å². The summed E-state index contributed by atoms with van der Waals surface area (Å²) in [5, 5.41) is 0. The van der Waals surface area contributed by atoms with E-state index in [0.717, 1.165) is 6.07 Å². The number of carbonyl (C=O) groups excluding carboxylic acids is 1. The van der Waals surface area contributed by atoms with E-state index in [9.17, 15) is 22.8 Å². The highest BCUT2D eigenvalue weighted by Crippen LogP contribution is 2.40. The van der Waals surface area contributed by atoms with Gasteiger partial charge in [-0.3, -0.25) is 9.78 Å². The van der Waals surface area contributed by atoms with E-state index in [1.54, 1.807) is 6.07 Å². The van der Waals surface area contributed by atoms with E-state index in [4.69, 9.17) is 4.42 Å². The van der Waals surface area contributed by atoms with Gasteiger partial charge in [-0.2, -0.15) is 0 Å². The van der Waals surface area contributed by atoms with E-state index in [-0.39, 0.29) is 40.2 Å². The molecule has 0 saturated carbocycles. The van der Waals surface area contributed by atoms with Crippen molar-refractivity contribution in [3.63, 3.8) is 0 Å². The molecular weight excluding hydrogens is 377 g/mol. The average Bonchev–Trinajstić information content (AvgIpc) is 3.05. The molecule has 1 amide bonds. The normalized spacial score (nSPS) is 14.7. The molecular formula is C19H13F3N2O4. The van der Waals surface area contributed by atoms with Crippen LogP contribution in [0, 0.1) is 0 Å². The number of ether oxygens (including phenoxy) is 1. The summed E-state index contributed by atoms with van der Waals surface area (Å²) in [7, 11) is 0. The van der Waals surface area contributed by atoms with Gasteiger partial charge in [0, 0.05) is 24.7 Å². The predicted octanol–water partition coefficient (Wildman–Crippen LogP) is 3.88. The van der Waals surface area contributed by atoms with Gasteiger partial charge in [0.1, 0.15) is 11.3 Å². The first-order valence-corrected chi connectivity index (χ1v) is 8.42. The minimum absolute atomic E-state index is 0.129. The molecule has 1 aliphatic rings. The summed E-state index contributed by atoms with van der Waals surface area (Å²) in [6, 6.07) is 8.30. The molecule has 3 heterocycles. The second-order valence-electron chi connectivity index (χ2n) is 6.16. The van der Waals surface area contributed by atoms with Crippen LogP contribution in [0.2, 0.25) is 0 Å². The molecule has 1 fully saturated rings. The molecule has 0 aliphatic carbocycles. The number of carbonyl (C=O) groups is 1. The fourth-order valence-electron chi connectivity index (χ4n) is 3.29. The van der Waals surface area contributed by atoms with Crippen LogP contribution in [0.15, 0.2) is 51.8 Å². The van der Waals surface area contributed by atoms with Gasteiger partial charge in [0.2, 0.25) is 5.91 Å². The number of amides is 1. The van der Waals surface area contributed by atoms with E-state index in [2.05, 4.69) is 9.72 Å². The number of hydrogen-bond donors (Lipinski definition) is 0. The van der Waals surface area contributed by atoms with E-state index < -0.39 is 17.7 Å². The Kier molecular flexibility index (Phi) is 4.29. The molecule has 0 bridgehead atoms. The van der Waals surface area contributed by atoms with Crippen molar-refractivity contribution in [3.05, 3.63) is 53.0 Å². The van der Waals surface area contributed by atoms with Crippen LogP contribution in [0.5, 0.6) is 5.75 Å². The van der Waals surface area contributed by atoms with Crippen molar-refractivity contribution in [2.75, 3.05) is 11.4 Å². The zero-order chi connectivity index (χ0) is 19.9. The second kappa shape index (κ2) is 6.66. The maximum Gasteiger partial charge on any atom is 0.573 e. The summed E-state index contributed by atoms with van der Waals surface area (Å²) < 4.78 is 47.9. The van der Waals surface area contributed by atoms with Crippen molar-refractivity contribution in [1.82, 2.24) is 4.98 Å². The highest BCUT2D eigenvalue weighted by Gasteiger charge is 2.35. The summed E-state index contributed by atoms with van der Waals surface area (Å²) in [5.74, 6) is -0.807. The number of aromatic nitrogens is 1. The van der Waals surface area contributed by atoms with Gasteiger partial charge in [-0.25, -0.2) is 4.79 Å². The molecule has 144 valence electrons. The van der Waals surface area contributed by atoms with Crippen LogP contribution in [-0.2, 0) is 4.79 Å². The number of alkyl halides is 3. The second-order valence-corrected chi connectivity index (χ2v) is 6.16. The van der Waals surface area contributed by atoms with Crippen molar-refractivity contribution < 1.29 is 27.1 Å². The number of halogens is 3. The monoisotopic (exact) mass is 390 g/mol. The van der Waals surface area contributed by atoms with E-state index in [0.29, 0.717) is 13.0 Å². The molecule has 0 spiro atoms. The Morgan fingerprint density at radius 2 is 1.89 bits per heavy atom. The molecule has 1 aromatic carbocycles. The average molecular weight is 390 g/mol. The van der Waals surface area contributed by atoms with Gasteiger partial charge in [0.25, 0.3) is 0 Å². The van der Waals surface area contributed by atoms with Gasteiger partial charge in [-0.1, -0.05) is 18.2 Å². The van der Waals surface area contributed by atoms with E-state index >= 15 is 0 Å². The summed E-state index contributed by atoms with van der Waals surface area (Å²) in [6.07, 6.45) is -2.66. The number of rotatable bonds is 3. The van der Waals surface area contributed by atoms with Crippen molar-refractivity contribution in [1.29, 1.82) is 0 Å². The lowest BCUT2D eigenvalue weighted by Crippen LogP contribution is -2.27. The number of anilines is 1. The predicted molar refractivity (Wildman–Crippen MR) is 94.0 cm³/mol. The van der Waals surface area contributed by atoms with Crippen molar-refractivity contribution in [2.45, 2.75) is 19.2 Å². The number of benzene rings is 1. The van der Waals surface area contributed by atoms with Crippen LogP contribution in [0.4, 0.5) is 18.9 Å². The maximum absolute atomic E-state index is 12.9. The minimum Gasteiger partial charge on any atom is -0.420 e. The Morgan fingerprint density at radius 1 is 1.11 bits per heavy atom. The summed E-state index contributed by atoms with van der Waals surface area (Å²) in [4.78, 5) is 30.7. The zero-order valence-electron chi connectivity index (χ0n) is 14.3. The van der Waals surface area contributed by atoms with E-state index in [1.807, 2.05) is 0 Å². The van der Waals surface area contributed by atoms with E-state index in [1.165, 1.54) is 35.4 Å². The lowest BCUT2D eigenvalue weighted by Gasteiger charge is -2.21. The molecule has 6 nitrogen and oxygen atoms in total. The Morgan fingerprint density at radius 3 is 2.61 bits per heavy atom. The van der Waals surface area contributed by atoms with Gasteiger partial charge >= 0.3 is 12.0 Å². The molecule has 1 aliphatic heterocycles. The standard InChI is InChI=1S/C19H13F3N2O4/c20-19(21,22)28-12-6-2-1-5-11(12)15-17(24-10-4-8-14(24)25)16-13(27-18(15)26)7-3-9-23-16/h1-3,5-7,9H,4,8,10H2. The lowest BCUT2D eigenvalue weighted by atomic mass is 10.0. The first-order valence-electron chi connectivity index (χ1n) is 8.42. The van der Waals surface area contributed by atoms with Crippen LogP contribution < -0.4 is 15.3 Å². The highest BCUT2D eigenvalue weighted by molar-refractivity contribution is 6.07. The Balaban J connectivity index is 2.05. The maximum atomic E-state index is 12.9. The molecule has 0 radical (unpaired) electrons. The van der Waals surface area contributed by atoms with Crippen LogP contribution in [0.25, 0.3) is 22.2 Å². The van der Waals surface area contributed by atoms with Gasteiger partial charge in [-0.15, -0.1) is 13.2 Å². The molecule has 1 saturated heterocycles. The van der Waals surface area contributed by atoms with Gasteiger partial charge in [-0.05, 0) is 24.6 Å². The van der Waals surface area contributed by atoms with Crippen LogP contribution in [-0.4, -0.2) is 23.8 Å².